The van der Waals surface area contributed by atoms with E-state index in [4.69, 9.17) is 9.40 Å². The fourth-order valence-electron chi connectivity index (χ4n) is 8.71. The van der Waals surface area contributed by atoms with E-state index in [9.17, 15) is 0 Å². The fraction of sp³-hybridized carbons (Fsp3) is 0.0851. The van der Waals surface area contributed by atoms with Crippen LogP contribution in [0, 0.1) is 0 Å². The Morgan fingerprint density at radius 3 is 2.08 bits per heavy atom. The van der Waals surface area contributed by atoms with Crippen molar-refractivity contribution in [2.75, 3.05) is 0 Å². The van der Waals surface area contributed by atoms with Crippen LogP contribution in [-0.2, 0) is 6.42 Å². The lowest BCUT2D eigenvalue weighted by molar-refractivity contribution is 0.657. The topological polar surface area (TPSA) is 26.0 Å². The van der Waals surface area contributed by atoms with Crippen molar-refractivity contribution in [3.63, 3.8) is 0 Å². The van der Waals surface area contributed by atoms with Gasteiger partial charge in [0, 0.05) is 43.8 Å². The quantitative estimate of drug-likeness (QED) is 0.179. The van der Waals surface area contributed by atoms with Gasteiger partial charge in [-0.05, 0) is 75.0 Å². The summed E-state index contributed by atoms with van der Waals surface area (Å²) in [7, 11) is 0. The molecule has 2 heteroatoms. The molecule has 1 atom stereocenters. The molecule has 0 amide bonds. The molecule has 0 saturated carbocycles. The number of aromatic nitrogens is 1. The van der Waals surface area contributed by atoms with Gasteiger partial charge in [-0.25, -0.2) is 4.98 Å². The van der Waals surface area contributed by atoms with E-state index in [-0.39, 0.29) is 5.92 Å². The maximum atomic E-state index is 6.82. The van der Waals surface area contributed by atoms with E-state index < -0.39 is 0 Å². The lowest BCUT2D eigenvalue weighted by atomic mass is 9.83. The molecule has 0 N–H and O–H groups in total. The van der Waals surface area contributed by atoms with Crippen LogP contribution in [0.25, 0.3) is 87.6 Å². The second kappa shape index (κ2) is 10.3. The number of hydrogen-bond donors (Lipinski definition) is 0. The van der Waals surface area contributed by atoms with Crippen LogP contribution in [0.5, 0.6) is 0 Å². The van der Waals surface area contributed by atoms with E-state index in [2.05, 4.69) is 146 Å². The van der Waals surface area contributed by atoms with Crippen molar-refractivity contribution < 1.29 is 4.42 Å². The van der Waals surface area contributed by atoms with Crippen molar-refractivity contribution in [3.05, 3.63) is 162 Å². The zero-order chi connectivity index (χ0) is 32.1. The Bertz CT molecular complexity index is 2970. The van der Waals surface area contributed by atoms with E-state index in [0.717, 1.165) is 41.6 Å². The number of nitrogens with zero attached hydrogens (tertiary/aromatic N) is 1. The predicted octanol–water partition coefficient (Wildman–Crippen LogP) is 12.8. The number of rotatable bonds is 2. The van der Waals surface area contributed by atoms with Gasteiger partial charge in [-0.1, -0.05) is 134 Å². The molecule has 2 aliphatic rings. The largest absolute Gasteiger partial charge is 0.456 e. The predicted molar refractivity (Wildman–Crippen MR) is 207 cm³/mol. The van der Waals surface area contributed by atoms with Crippen molar-refractivity contribution in [1.29, 1.82) is 0 Å². The Morgan fingerprint density at radius 1 is 0.612 bits per heavy atom. The minimum absolute atomic E-state index is 0.201. The molecule has 0 aliphatic heterocycles. The van der Waals surface area contributed by atoms with Crippen LogP contribution in [0.2, 0.25) is 0 Å². The molecule has 0 fully saturated rings. The van der Waals surface area contributed by atoms with Gasteiger partial charge in [-0.3, -0.25) is 0 Å². The van der Waals surface area contributed by atoms with Gasteiger partial charge in [-0.15, -0.1) is 0 Å². The molecule has 11 rings (SSSR count). The van der Waals surface area contributed by atoms with Gasteiger partial charge in [0.1, 0.15) is 11.2 Å². The third-order valence-electron chi connectivity index (χ3n) is 11.0. The van der Waals surface area contributed by atoms with Gasteiger partial charge < -0.3 is 4.42 Å². The van der Waals surface area contributed by atoms with Crippen LogP contribution < -0.4 is 0 Å². The number of furan rings is 1. The standard InChI is InChI=1S/C47H31NO/c1-5-13-34-28(9-1)21-24-38-42(34)39-25-22-30-11-3-8-16-37(30)46(39)48-45(38)32-19-17-31(18-20-32)40-27-33-12-4-7-15-36(33)44-43-35-14-6-2-10-29(35)23-26-41(43)49-47(40)44/h1-6,8-14,16-17,19-27,31H,7,15,18H2. The first kappa shape index (κ1) is 27.0. The highest BCUT2D eigenvalue weighted by Crippen LogP contribution is 2.45. The molecule has 230 valence electrons. The first-order chi connectivity index (χ1) is 24.3. The van der Waals surface area contributed by atoms with E-state index in [1.807, 2.05) is 0 Å². The normalized spacial score (nSPS) is 16.1. The zero-order valence-corrected chi connectivity index (χ0v) is 26.9. The lowest BCUT2D eigenvalue weighted by Gasteiger charge is -2.21. The molecule has 0 radical (unpaired) electrons. The maximum Gasteiger partial charge on any atom is 0.139 e. The van der Waals surface area contributed by atoms with E-state index in [1.54, 1.807) is 0 Å². The van der Waals surface area contributed by atoms with Crippen molar-refractivity contribution >= 4 is 87.6 Å². The number of pyridine rings is 1. The van der Waals surface area contributed by atoms with E-state index in [1.165, 1.54) is 81.5 Å². The molecule has 2 nitrogen and oxygen atoms in total. The van der Waals surface area contributed by atoms with Gasteiger partial charge in [0.25, 0.3) is 0 Å². The van der Waals surface area contributed by atoms with Gasteiger partial charge >= 0.3 is 0 Å². The van der Waals surface area contributed by atoms with Crippen LogP contribution in [0.4, 0.5) is 0 Å². The third kappa shape index (κ3) is 3.92. The summed E-state index contributed by atoms with van der Waals surface area (Å²) in [6, 6.07) is 41.8. The SMILES string of the molecule is C1=Cc2cc(C3C=CC(c4nc5c6ccccc6ccc5c5c4ccc4ccccc45)=CC3)c3oc4ccc5ccccc5c4c3c2CC1. The van der Waals surface area contributed by atoms with Gasteiger partial charge in [0.15, 0.2) is 0 Å². The first-order valence-corrected chi connectivity index (χ1v) is 17.4. The summed E-state index contributed by atoms with van der Waals surface area (Å²) in [5.74, 6) is 0.201. The van der Waals surface area contributed by atoms with Crippen LogP contribution in [-0.4, -0.2) is 4.98 Å². The Labute approximate surface area is 283 Å². The number of allylic oxidation sites excluding steroid dienone is 5. The number of benzene rings is 7. The van der Waals surface area contributed by atoms with Crippen LogP contribution in [0.1, 0.15) is 41.1 Å². The molecule has 2 aromatic heterocycles. The lowest BCUT2D eigenvalue weighted by Crippen LogP contribution is -2.04. The number of aryl methyl sites for hydroxylation is 1. The average molecular weight is 626 g/mol. The summed E-state index contributed by atoms with van der Waals surface area (Å²) >= 11 is 0. The maximum absolute atomic E-state index is 6.82. The smallest absolute Gasteiger partial charge is 0.139 e. The third-order valence-corrected chi connectivity index (χ3v) is 11.0. The fourth-order valence-corrected chi connectivity index (χ4v) is 8.71. The summed E-state index contributed by atoms with van der Waals surface area (Å²) in [5, 5.41) is 13.7. The van der Waals surface area contributed by atoms with Crippen LogP contribution in [0.15, 0.2) is 144 Å². The Morgan fingerprint density at radius 2 is 1.31 bits per heavy atom. The van der Waals surface area contributed by atoms with Crippen molar-refractivity contribution in [2.24, 2.45) is 0 Å². The van der Waals surface area contributed by atoms with Crippen molar-refractivity contribution in [2.45, 2.75) is 25.2 Å². The molecule has 2 heterocycles. The molecule has 7 aromatic carbocycles. The van der Waals surface area contributed by atoms with Gasteiger partial charge in [0.05, 0.1) is 11.2 Å². The Kier molecular flexibility index (Phi) is 5.65. The highest BCUT2D eigenvalue weighted by Gasteiger charge is 2.25. The first-order valence-electron chi connectivity index (χ1n) is 17.4. The molecule has 2 aliphatic carbocycles. The molecule has 0 spiro atoms. The van der Waals surface area contributed by atoms with Crippen molar-refractivity contribution in [3.8, 4) is 0 Å². The van der Waals surface area contributed by atoms with Crippen LogP contribution in [0.3, 0.4) is 0 Å². The highest BCUT2D eigenvalue weighted by atomic mass is 16.3. The van der Waals surface area contributed by atoms with Gasteiger partial charge in [0.2, 0.25) is 0 Å². The van der Waals surface area contributed by atoms with Crippen LogP contribution >= 0.6 is 0 Å². The zero-order valence-electron chi connectivity index (χ0n) is 26.9. The van der Waals surface area contributed by atoms with E-state index >= 15 is 0 Å². The highest BCUT2D eigenvalue weighted by molar-refractivity contribution is 6.25. The minimum Gasteiger partial charge on any atom is -0.456 e. The van der Waals surface area contributed by atoms with Gasteiger partial charge in [-0.2, -0.15) is 0 Å². The Hall–Kier alpha value is -5.99. The molecule has 0 bridgehead atoms. The molecule has 0 saturated heterocycles. The Balaban J connectivity index is 1.11. The second-order valence-electron chi connectivity index (χ2n) is 13.7. The summed E-state index contributed by atoms with van der Waals surface area (Å²) in [6.45, 7) is 0. The molecular formula is C47H31NO. The summed E-state index contributed by atoms with van der Waals surface area (Å²) < 4.78 is 6.82. The average Bonchev–Trinajstić information content (AvgIpc) is 3.58. The summed E-state index contributed by atoms with van der Waals surface area (Å²) in [6.07, 6.45) is 14.7. The molecule has 1 unspecified atom stereocenters. The van der Waals surface area contributed by atoms with E-state index in [0.29, 0.717) is 0 Å². The monoisotopic (exact) mass is 625 g/mol. The minimum atomic E-state index is 0.201. The summed E-state index contributed by atoms with van der Waals surface area (Å²) in [4.78, 5) is 5.48. The molecular weight excluding hydrogens is 595 g/mol. The summed E-state index contributed by atoms with van der Waals surface area (Å²) in [5.41, 5.74) is 9.31. The second-order valence-corrected chi connectivity index (χ2v) is 13.7. The molecule has 49 heavy (non-hydrogen) atoms. The molecule has 9 aromatic rings. The van der Waals surface area contributed by atoms with Crippen molar-refractivity contribution in [1.82, 2.24) is 4.98 Å². The number of hydrogen-bond acceptors (Lipinski definition) is 2. The number of fused-ring (bicyclic) bond motifs is 14.